The quantitative estimate of drug-likeness (QED) is 0.516. The van der Waals surface area contributed by atoms with Crippen LogP contribution in [0.5, 0.6) is 0 Å². The summed E-state index contributed by atoms with van der Waals surface area (Å²) < 4.78 is 13.2. The van der Waals surface area contributed by atoms with E-state index in [0.29, 0.717) is 57.1 Å². The molecule has 1 aromatic heterocycles. The average molecular weight is 547 g/mol. The molecule has 2 fully saturated rings. The highest BCUT2D eigenvalue weighted by Gasteiger charge is 2.38. The highest BCUT2D eigenvalue weighted by molar-refractivity contribution is 5.98. The Labute approximate surface area is 235 Å². The number of nitrogens with zero attached hydrogens (tertiary/aromatic N) is 4. The molecule has 40 heavy (non-hydrogen) atoms. The molecular weight excluding hydrogens is 508 g/mol. The monoisotopic (exact) mass is 546 g/mol. The van der Waals surface area contributed by atoms with Gasteiger partial charge < -0.3 is 28.9 Å². The van der Waals surface area contributed by atoms with Crippen molar-refractivity contribution < 1.29 is 24.2 Å². The number of benzene rings is 2. The number of ether oxygens (including phenoxy) is 2. The third kappa shape index (κ3) is 6.21. The van der Waals surface area contributed by atoms with Crippen LogP contribution in [0.4, 0.5) is 4.79 Å². The largest absolute Gasteiger partial charge is 0.444 e. The zero-order chi connectivity index (χ0) is 28.3. The molecule has 3 aromatic rings. The van der Waals surface area contributed by atoms with Gasteiger partial charge in [0, 0.05) is 31.8 Å². The number of imidazole rings is 1. The van der Waals surface area contributed by atoms with Crippen molar-refractivity contribution in [1.82, 2.24) is 19.4 Å². The minimum absolute atomic E-state index is 0.200. The molecule has 9 nitrogen and oxygen atoms in total. The van der Waals surface area contributed by atoms with Gasteiger partial charge in [-0.3, -0.25) is 4.79 Å². The van der Waals surface area contributed by atoms with Crippen molar-refractivity contribution >= 4 is 12.0 Å². The van der Waals surface area contributed by atoms with E-state index in [9.17, 15) is 14.7 Å². The van der Waals surface area contributed by atoms with Gasteiger partial charge in [0.1, 0.15) is 5.60 Å². The van der Waals surface area contributed by atoms with Crippen LogP contribution in [-0.2, 0) is 15.9 Å². The van der Waals surface area contributed by atoms with Gasteiger partial charge in [0.15, 0.2) is 5.69 Å². The Kier molecular flexibility index (Phi) is 8.23. The molecule has 0 saturated carbocycles. The van der Waals surface area contributed by atoms with Crippen LogP contribution >= 0.6 is 0 Å². The molecule has 0 radical (unpaired) electrons. The zero-order valence-corrected chi connectivity index (χ0v) is 23.4. The zero-order valence-electron chi connectivity index (χ0n) is 23.4. The van der Waals surface area contributed by atoms with E-state index < -0.39 is 11.7 Å². The van der Waals surface area contributed by atoms with Crippen LogP contribution in [0.25, 0.3) is 11.3 Å². The summed E-state index contributed by atoms with van der Waals surface area (Å²) in [4.78, 5) is 35.4. The fourth-order valence-corrected chi connectivity index (χ4v) is 5.44. The highest BCUT2D eigenvalue weighted by Crippen LogP contribution is 2.32. The van der Waals surface area contributed by atoms with Crippen LogP contribution < -0.4 is 0 Å². The number of hydrogen-bond donors (Lipinski definition) is 1. The predicted molar refractivity (Wildman–Crippen MR) is 151 cm³/mol. The van der Waals surface area contributed by atoms with E-state index >= 15 is 0 Å². The fraction of sp³-hybridized carbons (Fsp3) is 0.452. The first-order chi connectivity index (χ1) is 19.2. The lowest BCUT2D eigenvalue weighted by Gasteiger charge is -2.41. The van der Waals surface area contributed by atoms with Crippen molar-refractivity contribution in [2.24, 2.45) is 0 Å². The van der Waals surface area contributed by atoms with Gasteiger partial charge in [-0.1, -0.05) is 60.7 Å². The van der Waals surface area contributed by atoms with Gasteiger partial charge in [-0.2, -0.15) is 0 Å². The number of aliphatic hydroxyl groups excluding tert-OH is 1. The van der Waals surface area contributed by atoms with Crippen molar-refractivity contribution in [3.63, 3.8) is 0 Å². The third-order valence-corrected chi connectivity index (χ3v) is 7.40. The van der Waals surface area contributed by atoms with Crippen molar-refractivity contribution in [2.75, 3.05) is 32.8 Å². The first-order valence-electron chi connectivity index (χ1n) is 13.9. The normalized spacial score (nSPS) is 21.8. The Bertz CT molecular complexity index is 1300. The molecule has 9 heteroatoms. The summed E-state index contributed by atoms with van der Waals surface area (Å²) >= 11 is 0. The Morgan fingerprint density at radius 1 is 1.05 bits per heavy atom. The van der Waals surface area contributed by atoms with Crippen LogP contribution in [0.15, 0.2) is 67.0 Å². The summed E-state index contributed by atoms with van der Waals surface area (Å²) in [5.74, 6) is -0.200. The second-order valence-electron chi connectivity index (χ2n) is 11.5. The molecule has 3 atom stereocenters. The minimum Gasteiger partial charge on any atom is -0.444 e. The number of amides is 2. The number of carbonyl (C=O) groups excluding carboxylic acids is 2. The Morgan fingerprint density at radius 3 is 2.42 bits per heavy atom. The molecule has 0 unspecified atom stereocenters. The molecule has 0 spiro atoms. The minimum atomic E-state index is -0.607. The van der Waals surface area contributed by atoms with Gasteiger partial charge in [-0.05, 0) is 39.2 Å². The average Bonchev–Trinajstić information content (AvgIpc) is 3.38. The van der Waals surface area contributed by atoms with Crippen molar-refractivity contribution in [1.29, 1.82) is 0 Å². The van der Waals surface area contributed by atoms with Crippen LogP contribution in [-0.4, -0.2) is 87.1 Å². The molecule has 5 rings (SSSR count). The molecule has 2 aliphatic heterocycles. The van der Waals surface area contributed by atoms with Gasteiger partial charge in [-0.15, -0.1) is 0 Å². The van der Waals surface area contributed by atoms with E-state index in [0.717, 1.165) is 11.1 Å². The highest BCUT2D eigenvalue weighted by atomic mass is 16.6. The lowest BCUT2D eigenvalue weighted by atomic mass is 10.0. The van der Waals surface area contributed by atoms with E-state index in [2.05, 4.69) is 4.98 Å². The molecule has 0 bridgehead atoms. The third-order valence-electron chi connectivity index (χ3n) is 7.40. The first kappa shape index (κ1) is 27.9. The van der Waals surface area contributed by atoms with E-state index in [1.165, 1.54) is 0 Å². The SMILES string of the molecule is CC(C)(C)OC(=O)N1CCN(C(=O)c2ncn([C@@H]3COCC[C@@H]3O)c2-c2ccccc2)[C@H](Cc2ccccc2)C1. The number of aromatic nitrogens is 2. The van der Waals surface area contributed by atoms with Gasteiger partial charge in [0.2, 0.25) is 0 Å². The number of aliphatic hydroxyl groups is 1. The first-order valence-corrected chi connectivity index (χ1v) is 13.9. The number of carbonyl (C=O) groups is 2. The molecule has 0 aliphatic carbocycles. The van der Waals surface area contributed by atoms with Gasteiger partial charge in [0.05, 0.1) is 36.8 Å². The number of piperazine rings is 1. The molecule has 3 heterocycles. The molecule has 212 valence electrons. The summed E-state index contributed by atoms with van der Waals surface area (Å²) in [6, 6.07) is 19.0. The Morgan fingerprint density at radius 2 is 1.75 bits per heavy atom. The van der Waals surface area contributed by atoms with Crippen molar-refractivity contribution in [3.8, 4) is 11.3 Å². The lowest BCUT2D eigenvalue weighted by Crippen LogP contribution is -2.58. The standard InChI is InChI=1S/C31H38N4O5/c1-31(2,3)40-30(38)33-15-16-34(24(19-33)18-22-10-6-4-7-11-22)29(37)27-28(23-12-8-5-9-13-23)35(21-32-27)25-20-39-17-14-26(25)36/h4-13,21,24-26,36H,14-20H2,1-3H3/t24-,25-,26+/m1/s1. The van der Waals surface area contributed by atoms with E-state index in [1.54, 1.807) is 11.2 Å². The fourth-order valence-electron chi connectivity index (χ4n) is 5.44. The molecular formula is C31H38N4O5. The summed E-state index contributed by atoms with van der Waals surface area (Å²) in [5.41, 5.74) is 2.30. The summed E-state index contributed by atoms with van der Waals surface area (Å²) in [5, 5.41) is 10.8. The maximum absolute atomic E-state index is 14.3. The number of rotatable bonds is 5. The second kappa shape index (κ2) is 11.8. The van der Waals surface area contributed by atoms with Crippen LogP contribution in [0.2, 0.25) is 0 Å². The van der Waals surface area contributed by atoms with Crippen molar-refractivity contribution in [2.45, 2.75) is 57.4 Å². The molecule has 2 saturated heterocycles. The number of hydrogen-bond acceptors (Lipinski definition) is 6. The Hall–Kier alpha value is -3.69. The van der Waals surface area contributed by atoms with Gasteiger partial charge >= 0.3 is 6.09 Å². The predicted octanol–water partition coefficient (Wildman–Crippen LogP) is 4.18. The van der Waals surface area contributed by atoms with Crippen LogP contribution in [0, 0.1) is 0 Å². The summed E-state index contributed by atoms with van der Waals surface area (Å²) in [7, 11) is 0. The maximum atomic E-state index is 14.3. The Balaban J connectivity index is 1.48. The molecule has 2 aliphatic rings. The summed E-state index contributed by atoms with van der Waals surface area (Å²) in [6.07, 6.45) is 1.77. The molecule has 2 aromatic carbocycles. The van der Waals surface area contributed by atoms with E-state index in [1.807, 2.05) is 90.9 Å². The topological polar surface area (TPSA) is 97.1 Å². The molecule has 2 amide bonds. The summed E-state index contributed by atoms with van der Waals surface area (Å²) in [6.45, 7) is 7.46. The maximum Gasteiger partial charge on any atom is 0.410 e. The van der Waals surface area contributed by atoms with E-state index in [4.69, 9.17) is 9.47 Å². The van der Waals surface area contributed by atoms with Crippen LogP contribution in [0.1, 0.15) is 49.3 Å². The van der Waals surface area contributed by atoms with Crippen molar-refractivity contribution in [3.05, 3.63) is 78.2 Å². The molecule has 1 N–H and O–H groups in total. The van der Waals surface area contributed by atoms with E-state index in [-0.39, 0.29) is 24.1 Å². The second-order valence-corrected chi connectivity index (χ2v) is 11.5. The van der Waals surface area contributed by atoms with Gasteiger partial charge in [-0.25, -0.2) is 9.78 Å². The smallest absolute Gasteiger partial charge is 0.410 e. The van der Waals surface area contributed by atoms with Gasteiger partial charge in [0.25, 0.3) is 5.91 Å². The lowest BCUT2D eigenvalue weighted by molar-refractivity contribution is -0.0286. The van der Waals surface area contributed by atoms with Crippen LogP contribution in [0.3, 0.4) is 0 Å².